The molecule has 0 bridgehead atoms. The van der Waals surface area contributed by atoms with E-state index < -0.39 is 0 Å². The Morgan fingerprint density at radius 2 is 2.40 bits per heavy atom. The lowest BCUT2D eigenvalue weighted by atomic mass is 9.99. The standard InChI is InChI=1S/C13H19N5OS/c1-9-8-20-13(15-9)10-3-2-4-18(6-10)7-11-16-12(5-14)19-17-11/h8,10H,2-7,14H2,1H3. The van der Waals surface area contributed by atoms with Gasteiger partial charge in [0.25, 0.3) is 0 Å². The number of thiazole rings is 1. The zero-order chi connectivity index (χ0) is 13.9. The van der Waals surface area contributed by atoms with E-state index in [9.17, 15) is 0 Å². The van der Waals surface area contributed by atoms with E-state index in [-0.39, 0.29) is 0 Å². The number of aromatic nitrogens is 3. The lowest BCUT2D eigenvalue weighted by Gasteiger charge is -2.30. The summed E-state index contributed by atoms with van der Waals surface area (Å²) >= 11 is 1.77. The second kappa shape index (κ2) is 5.99. The normalized spacial score (nSPS) is 20.4. The van der Waals surface area contributed by atoms with Gasteiger partial charge in [0, 0.05) is 23.5 Å². The van der Waals surface area contributed by atoms with Crippen LogP contribution in [-0.2, 0) is 13.1 Å². The molecule has 1 fully saturated rings. The Kier molecular flexibility index (Phi) is 4.09. The van der Waals surface area contributed by atoms with Crippen LogP contribution in [0.15, 0.2) is 9.90 Å². The number of piperidine rings is 1. The molecule has 0 radical (unpaired) electrons. The van der Waals surface area contributed by atoms with Crippen LogP contribution in [0.4, 0.5) is 0 Å². The molecule has 3 rings (SSSR count). The Morgan fingerprint density at radius 1 is 1.50 bits per heavy atom. The highest BCUT2D eigenvalue weighted by molar-refractivity contribution is 7.09. The third-order valence-corrected chi connectivity index (χ3v) is 4.67. The maximum absolute atomic E-state index is 5.48. The van der Waals surface area contributed by atoms with Crippen molar-refractivity contribution < 1.29 is 4.52 Å². The average Bonchev–Trinajstić information content (AvgIpc) is 3.08. The lowest BCUT2D eigenvalue weighted by Crippen LogP contribution is -2.34. The molecule has 0 saturated carbocycles. The summed E-state index contributed by atoms with van der Waals surface area (Å²) in [6, 6.07) is 0. The first kappa shape index (κ1) is 13.7. The molecule has 1 unspecified atom stereocenters. The second-order valence-electron chi connectivity index (χ2n) is 5.21. The van der Waals surface area contributed by atoms with Crippen molar-refractivity contribution >= 4 is 11.3 Å². The van der Waals surface area contributed by atoms with E-state index in [1.807, 2.05) is 6.92 Å². The summed E-state index contributed by atoms with van der Waals surface area (Å²) in [5, 5.41) is 7.34. The van der Waals surface area contributed by atoms with Gasteiger partial charge in [-0.05, 0) is 26.3 Å². The van der Waals surface area contributed by atoms with Crippen LogP contribution in [0.1, 0.15) is 41.2 Å². The summed E-state index contributed by atoms with van der Waals surface area (Å²) in [6.45, 7) is 5.17. The van der Waals surface area contributed by atoms with Gasteiger partial charge < -0.3 is 10.3 Å². The van der Waals surface area contributed by atoms with Gasteiger partial charge in [0.1, 0.15) is 0 Å². The molecule has 3 heterocycles. The van der Waals surface area contributed by atoms with Gasteiger partial charge in [0.2, 0.25) is 5.89 Å². The van der Waals surface area contributed by atoms with Gasteiger partial charge in [0.05, 0.1) is 18.1 Å². The minimum absolute atomic E-state index is 0.300. The molecule has 1 aliphatic heterocycles. The Hall–Kier alpha value is -1.31. The minimum atomic E-state index is 0.300. The molecular weight excluding hydrogens is 274 g/mol. The largest absolute Gasteiger partial charge is 0.338 e. The molecule has 0 spiro atoms. The van der Waals surface area contributed by atoms with Gasteiger partial charge in [-0.25, -0.2) is 4.98 Å². The van der Waals surface area contributed by atoms with Gasteiger partial charge in [-0.1, -0.05) is 5.16 Å². The monoisotopic (exact) mass is 293 g/mol. The smallest absolute Gasteiger partial charge is 0.240 e. The van der Waals surface area contributed by atoms with Crippen LogP contribution in [0.25, 0.3) is 0 Å². The summed E-state index contributed by atoms with van der Waals surface area (Å²) in [6.07, 6.45) is 2.40. The van der Waals surface area contributed by atoms with Crippen LogP contribution >= 0.6 is 11.3 Å². The first-order valence-electron chi connectivity index (χ1n) is 6.90. The summed E-state index contributed by atoms with van der Waals surface area (Å²) in [5.74, 6) is 1.76. The van der Waals surface area contributed by atoms with Crippen LogP contribution < -0.4 is 5.73 Å². The van der Waals surface area contributed by atoms with Crippen molar-refractivity contribution in [3.8, 4) is 0 Å². The molecule has 7 heteroatoms. The molecule has 1 atom stereocenters. The molecule has 6 nitrogen and oxygen atoms in total. The number of nitrogens with two attached hydrogens (primary N) is 1. The highest BCUT2D eigenvalue weighted by Crippen LogP contribution is 2.29. The molecule has 2 aromatic heterocycles. The van der Waals surface area contributed by atoms with Crippen LogP contribution in [0, 0.1) is 6.92 Å². The predicted octanol–water partition coefficient (Wildman–Crippen LogP) is 1.67. The van der Waals surface area contributed by atoms with Crippen LogP contribution in [0.5, 0.6) is 0 Å². The summed E-state index contributed by atoms with van der Waals surface area (Å²) < 4.78 is 5.05. The Morgan fingerprint density at radius 3 is 3.10 bits per heavy atom. The number of rotatable bonds is 4. The third-order valence-electron chi connectivity index (χ3n) is 3.54. The Balaban J connectivity index is 1.63. The highest BCUT2D eigenvalue weighted by atomic mass is 32.1. The zero-order valence-corrected chi connectivity index (χ0v) is 12.4. The van der Waals surface area contributed by atoms with Crippen molar-refractivity contribution in [2.45, 2.75) is 38.8 Å². The molecule has 20 heavy (non-hydrogen) atoms. The van der Waals surface area contributed by atoms with Crippen molar-refractivity contribution in [1.29, 1.82) is 0 Å². The maximum Gasteiger partial charge on any atom is 0.240 e. The molecule has 2 N–H and O–H groups in total. The number of nitrogens with zero attached hydrogens (tertiary/aromatic N) is 4. The molecule has 108 valence electrons. The molecular formula is C13H19N5OS. The fourth-order valence-corrected chi connectivity index (χ4v) is 3.52. The van der Waals surface area contributed by atoms with Gasteiger partial charge in [0.15, 0.2) is 5.82 Å². The van der Waals surface area contributed by atoms with E-state index in [0.717, 1.165) is 31.2 Å². The number of likely N-dealkylation sites (tertiary alicyclic amines) is 1. The number of aryl methyl sites for hydroxylation is 1. The Bertz CT molecular complexity index is 567. The van der Waals surface area contributed by atoms with Gasteiger partial charge in [-0.2, -0.15) is 4.98 Å². The lowest BCUT2D eigenvalue weighted by molar-refractivity contribution is 0.193. The predicted molar refractivity (Wildman–Crippen MR) is 76.3 cm³/mol. The fourth-order valence-electron chi connectivity index (χ4n) is 2.60. The second-order valence-corrected chi connectivity index (χ2v) is 6.10. The van der Waals surface area contributed by atoms with E-state index in [0.29, 0.717) is 18.4 Å². The van der Waals surface area contributed by atoms with Gasteiger partial charge in [-0.15, -0.1) is 11.3 Å². The summed E-state index contributed by atoms with van der Waals surface area (Å²) in [7, 11) is 0. The molecule has 0 aromatic carbocycles. The summed E-state index contributed by atoms with van der Waals surface area (Å²) in [4.78, 5) is 11.3. The van der Waals surface area contributed by atoms with E-state index >= 15 is 0 Å². The van der Waals surface area contributed by atoms with Crippen molar-refractivity contribution in [2.75, 3.05) is 13.1 Å². The summed E-state index contributed by atoms with van der Waals surface area (Å²) in [5.41, 5.74) is 6.60. The van der Waals surface area contributed by atoms with Crippen molar-refractivity contribution in [2.24, 2.45) is 5.73 Å². The SMILES string of the molecule is Cc1csc(C2CCCN(Cc3noc(CN)n3)C2)n1. The molecule has 2 aromatic rings. The van der Waals surface area contributed by atoms with Crippen LogP contribution in [-0.4, -0.2) is 33.1 Å². The van der Waals surface area contributed by atoms with Crippen LogP contribution in [0.2, 0.25) is 0 Å². The minimum Gasteiger partial charge on any atom is -0.338 e. The number of hydrogen-bond donors (Lipinski definition) is 1. The van der Waals surface area contributed by atoms with E-state index in [1.54, 1.807) is 11.3 Å². The molecule has 0 aliphatic carbocycles. The first-order valence-corrected chi connectivity index (χ1v) is 7.78. The van der Waals surface area contributed by atoms with Crippen molar-refractivity contribution in [1.82, 2.24) is 20.0 Å². The first-order chi connectivity index (χ1) is 9.74. The number of hydrogen-bond acceptors (Lipinski definition) is 7. The zero-order valence-electron chi connectivity index (χ0n) is 11.6. The van der Waals surface area contributed by atoms with Crippen molar-refractivity contribution in [3.63, 3.8) is 0 Å². The van der Waals surface area contributed by atoms with E-state index in [4.69, 9.17) is 10.3 Å². The van der Waals surface area contributed by atoms with E-state index in [2.05, 4.69) is 25.4 Å². The van der Waals surface area contributed by atoms with Gasteiger partial charge in [-0.3, -0.25) is 4.90 Å². The van der Waals surface area contributed by atoms with Crippen LogP contribution in [0.3, 0.4) is 0 Å². The molecule has 1 aliphatic rings. The van der Waals surface area contributed by atoms with Crippen molar-refractivity contribution in [3.05, 3.63) is 27.8 Å². The third kappa shape index (κ3) is 3.05. The fraction of sp³-hybridized carbons (Fsp3) is 0.615. The highest BCUT2D eigenvalue weighted by Gasteiger charge is 2.24. The Labute approximate surface area is 122 Å². The van der Waals surface area contributed by atoms with Gasteiger partial charge >= 0.3 is 0 Å². The van der Waals surface area contributed by atoms with E-state index in [1.165, 1.54) is 17.8 Å². The quantitative estimate of drug-likeness (QED) is 0.923. The molecule has 1 saturated heterocycles. The average molecular weight is 293 g/mol. The maximum atomic E-state index is 5.48. The molecule has 0 amide bonds. The topological polar surface area (TPSA) is 81.1 Å².